The third-order valence-electron chi connectivity index (χ3n) is 5.71. The number of nitrogens with one attached hydrogen (secondary N) is 1. The number of carbonyl (C=O) groups is 1. The van der Waals surface area contributed by atoms with E-state index in [1.165, 1.54) is 13.3 Å². The summed E-state index contributed by atoms with van der Waals surface area (Å²) in [4.78, 5) is 29.1. The zero-order valence-electron chi connectivity index (χ0n) is 19.3. The molecular weight excluding hydrogens is 466 g/mol. The first-order valence-electron chi connectivity index (χ1n) is 10.7. The first-order valence-corrected chi connectivity index (χ1v) is 11.1. The summed E-state index contributed by atoms with van der Waals surface area (Å²) >= 11 is 6.65. The van der Waals surface area contributed by atoms with Crippen LogP contribution in [0.4, 0.5) is 4.79 Å². The van der Waals surface area contributed by atoms with Crippen molar-refractivity contribution in [2.75, 3.05) is 13.7 Å². The van der Waals surface area contributed by atoms with Gasteiger partial charge >= 0.3 is 11.8 Å². The minimum Gasteiger partial charge on any atom is -0.453 e. The summed E-state index contributed by atoms with van der Waals surface area (Å²) in [5.41, 5.74) is 10.5. The number of hydrogen-bond acceptors (Lipinski definition) is 5. The minimum atomic E-state index is -0.520. The molecule has 2 aromatic carbocycles. The first kappa shape index (κ1) is 23.8. The van der Waals surface area contributed by atoms with E-state index in [9.17, 15) is 9.59 Å². The largest absolute Gasteiger partial charge is 0.453 e. The summed E-state index contributed by atoms with van der Waals surface area (Å²) < 4.78 is 7.71. The number of benzene rings is 2. The van der Waals surface area contributed by atoms with E-state index in [0.717, 1.165) is 22.1 Å². The summed E-state index contributed by atoms with van der Waals surface area (Å²) in [6, 6.07) is 11.2. The molecule has 0 aliphatic rings. The van der Waals surface area contributed by atoms with Gasteiger partial charge < -0.3 is 15.8 Å². The van der Waals surface area contributed by atoms with Gasteiger partial charge in [-0.15, -0.1) is 0 Å². The van der Waals surface area contributed by atoms with Gasteiger partial charge in [-0.05, 0) is 34.9 Å². The number of carbonyl (C=O) groups excluding carboxylic acids is 1. The molecule has 4 rings (SSSR count). The van der Waals surface area contributed by atoms with Gasteiger partial charge in [0, 0.05) is 25.2 Å². The number of allylic oxidation sites excluding steroid dienone is 2. The molecule has 0 aliphatic carbocycles. The Balaban J connectivity index is 1.91. The Kier molecular flexibility index (Phi) is 6.75. The fourth-order valence-corrected chi connectivity index (χ4v) is 4.20. The topological polar surface area (TPSA) is 104 Å². The van der Waals surface area contributed by atoms with E-state index in [-0.39, 0.29) is 12.2 Å². The van der Waals surface area contributed by atoms with Crippen molar-refractivity contribution in [2.45, 2.75) is 0 Å². The van der Waals surface area contributed by atoms with Crippen LogP contribution in [0.2, 0.25) is 5.02 Å². The van der Waals surface area contributed by atoms with Crippen molar-refractivity contribution in [3.8, 4) is 5.69 Å². The third kappa shape index (κ3) is 4.31. The highest BCUT2D eigenvalue weighted by atomic mass is 35.5. The molecule has 1 amide bonds. The van der Waals surface area contributed by atoms with Crippen molar-refractivity contribution >= 4 is 51.3 Å². The van der Waals surface area contributed by atoms with Crippen LogP contribution in [-0.4, -0.2) is 33.9 Å². The van der Waals surface area contributed by atoms with E-state index in [1.54, 1.807) is 46.7 Å². The van der Waals surface area contributed by atoms with Crippen LogP contribution >= 0.6 is 11.6 Å². The molecule has 178 valence electrons. The van der Waals surface area contributed by atoms with Crippen LogP contribution in [0.3, 0.4) is 0 Å². The number of pyridine rings is 1. The fourth-order valence-electron chi connectivity index (χ4n) is 3.92. The Bertz CT molecular complexity index is 1580. The Morgan fingerprint density at radius 3 is 2.83 bits per heavy atom. The smallest absolute Gasteiger partial charge is 0.407 e. The fraction of sp³-hybridized carbons (Fsp3) is 0.115. The molecule has 0 saturated heterocycles. The number of methoxy groups -OCH3 is 1. The summed E-state index contributed by atoms with van der Waals surface area (Å²) in [6.45, 7) is 4.09. The lowest BCUT2D eigenvalue weighted by molar-refractivity contribution is 0.172. The minimum absolute atomic E-state index is 0.244. The lowest BCUT2D eigenvalue weighted by atomic mass is 10.0. The molecule has 0 spiro atoms. The number of imidazole rings is 1. The second-order valence-corrected chi connectivity index (χ2v) is 8.06. The maximum absolute atomic E-state index is 13.3. The van der Waals surface area contributed by atoms with Gasteiger partial charge in [-0.1, -0.05) is 54.6 Å². The molecule has 0 aliphatic heterocycles. The average Bonchev–Trinajstić information content (AvgIpc) is 3.14. The van der Waals surface area contributed by atoms with E-state index in [0.29, 0.717) is 27.3 Å². The number of ether oxygens (including phenoxy) is 1. The molecule has 2 aromatic heterocycles. The van der Waals surface area contributed by atoms with E-state index in [2.05, 4.69) is 21.6 Å². The first-order chi connectivity index (χ1) is 16.9. The van der Waals surface area contributed by atoms with Crippen LogP contribution in [-0.2, 0) is 11.8 Å². The number of nitrogens with two attached hydrogens (primary N) is 1. The maximum atomic E-state index is 13.3. The molecular formula is C26H24ClN5O3. The highest BCUT2D eigenvalue weighted by Gasteiger charge is 2.19. The number of nitrogens with zero attached hydrogens (tertiary/aromatic N) is 3. The predicted octanol–water partition coefficient (Wildman–Crippen LogP) is 4.39. The van der Waals surface area contributed by atoms with Gasteiger partial charge in [0.25, 0.3) is 0 Å². The molecule has 3 N–H and O–H groups in total. The Morgan fingerprint density at radius 2 is 2.11 bits per heavy atom. The second-order valence-electron chi connectivity index (χ2n) is 7.68. The second kappa shape index (κ2) is 9.90. The monoisotopic (exact) mass is 489 g/mol. The summed E-state index contributed by atoms with van der Waals surface area (Å²) in [7, 11) is 3.00. The van der Waals surface area contributed by atoms with Crippen molar-refractivity contribution in [1.82, 2.24) is 19.4 Å². The Morgan fingerprint density at radius 1 is 1.31 bits per heavy atom. The third-order valence-corrected chi connectivity index (χ3v) is 6.12. The van der Waals surface area contributed by atoms with Crippen LogP contribution in [0.1, 0.15) is 11.1 Å². The number of alkyl carbamates (subject to hydrolysis) is 1. The van der Waals surface area contributed by atoms with Crippen molar-refractivity contribution in [2.24, 2.45) is 12.8 Å². The van der Waals surface area contributed by atoms with Gasteiger partial charge in [0.2, 0.25) is 0 Å². The van der Waals surface area contributed by atoms with Gasteiger partial charge in [0.05, 0.1) is 40.6 Å². The number of aromatic nitrogens is 3. The van der Waals surface area contributed by atoms with E-state index in [4.69, 9.17) is 17.3 Å². The molecule has 35 heavy (non-hydrogen) atoms. The van der Waals surface area contributed by atoms with Gasteiger partial charge in [-0.25, -0.2) is 9.59 Å². The van der Waals surface area contributed by atoms with E-state index < -0.39 is 6.09 Å². The molecule has 0 radical (unpaired) electrons. The van der Waals surface area contributed by atoms with Gasteiger partial charge in [-0.3, -0.25) is 14.1 Å². The molecule has 8 nitrogen and oxygen atoms in total. The molecule has 2 heterocycles. The van der Waals surface area contributed by atoms with Gasteiger partial charge in [-0.2, -0.15) is 0 Å². The lowest BCUT2D eigenvalue weighted by Crippen LogP contribution is -2.22. The zero-order valence-corrected chi connectivity index (χ0v) is 20.0. The Labute approximate surface area is 206 Å². The number of fused-ring (bicyclic) bond motifs is 3. The quantitative estimate of drug-likeness (QED) is 0.391. The van der Waals surface area contributed by atoms with E-state index >= 15 is 0 Å². The number of rotatable bonds is 6. The maximum Gasteiger partial charge on any atom is 0.407 e. The summed E-state index contributed by atoms with van der Waals surface area (Å²) in [6.07, 6.45) is 7.85. The van der Waals surface area contributed by atoms with E-state index in [1.807, 2.05) is 30.3 Å². The summed E-state index contributed by atoms with van der Waals surface area (Å²) in [5, 5.41) is 3.77. The molecule has 0 fully saturated rings. The number of amides is 1. The molecule has 0 atom stereocenters. The number of halogens is 1. The predicted molar refractivity (Wildman–Crippen MR) is 141 cm³/mol. The van der Waals surface area contributed by atoms with Gasteiger partial charge in [0.1, 0.15) is 0 Å². The van der Waals surface area contributed by atoms with Crippen LogP contribution in [0.25, 0.3) is 39.3 Å². The average molecular weight is 490 g/mol. The Hall–Kier alpha value is -4.30. The SMILES string of the molecule is C=Cc1cccc(-n2c(=O)n(C)c3cnc4ccc(C(/C=C\CNC(=O)OC)=C/N)cc4c32)c1Cl. The molecule has 0 bridgehead atoms. The van der Waals surface area contributed by atoms with Crippen LogP contribution in [0.5, 0.6) is 0 Å². The molecule has 4 aromatic rings. The summed E-state index contributed by atoms with van der Waals surface area (Å²) in [5.74, 6) is 0. The zero-order chi connectivity index (χ0) is 25.1. The number of hydrogen-bond donors (Lipinski definition) is 2. The molecule has 9 heteroatoms. The molecule has 0 unspecified atom stereocenters. The van der Waals surface area contributed by atoms with Crippen LogP contribution in [0.15, 0.2) is 72.3 Å². The van der Waals surface area contributed by atoms with Crippen molar-refractivity contribution < 1.29 is 9.53 Å². The van der Waals surface area contributed by atoms with Crippen molar-refractivity contribution in [3.05, 3.63) is 94.2 Å². The lowest BCUT2D eigenvalue weighted by Gasteiger charge is -2.11. The highest BCUT2D eigenvalue weighted by molar-refractivity contribution is 6.34. The normalized spacial score (nSPS) is 11.9. The van der Waals surface area contributed by atoms with Crippen LogP contribution < -0.4 is 16.7 Å². The van der Waals surface area contributed by atoms with Crippen LogP contribution in [0, 0.1) is 0 Å². The number of aryl methyl sites for hydroxylation is 1. The van der Waals surface area contributed by atoms with Crippen molar-refractivity contribution in [1.29, 1.82) is 0 Å². The molecule has 0 saturated carbocycles. The van der Waals surface area contributed by atoms with Crippen molar-refractivity contribution in [3.63, 3.8) is 0 Å². The standard InChI is InChI=1S/C26H24ClN5O3/c1-4-16-7-5-9-21(23(16)27)32-24-19-13-17(18(14-28)8-6-12-29-25(33)35-3)10-11-20(19)30-15-22(24)31(2)26(32)34/h4-11,13-15H,1,12,28H2,2-3H3,(H,29,33)/b8-6-,18-14+. The highest BCUT2D eigenvalue weighted by Crippen LogP contribution is 2.31. The van der Waals surface area contributed by atoms with Gasteiger partial charge in [0.15, 0.2) is 0 Å².